The Labute approximate surface area is 127 Å². The molecule has 0 radical (unpaired) electrons. The molecule has 2 heterocycles. The molecule has 120 valence electrons. The number of rotatable bonds is 4. The van der Waals surface area contributed by atoms with Gasteiger partial charge in [-0.25, -0.2) is 0 Å². The van der Waals surface area contributed by atoms with Crippen LogP contribution < -0.4 is 5.32 Å². The van der Waals surface area contributed by atoms with E-state index in [0.29, 0.717) is 19.4 Å². The van der Waals surface area contributed by atoms with Crippen LogP contribution in [0.4, 0.5) is 0 Å². The zero-order valence-electron chi connectivity index (χ0n) is 13.7. The molecule has 2 amide bonds. The Morgan fingerprint density at radius 3 is 2.43 bits per heavy atom. The van der Waals surface area contributed by atoms with Crippen molar-refractivity contribution < 1.29 is 14.3 Å². The predicted octanol–water partition coefficient (Wildman–Crippen LogP) is 1.85. The van der Waals surface area contributed by atoms with Gasteiger partial charge in [0.05, 0.1) is 6.10 Å². The number of piperazine rings is 1. The lowest BCUT2D eigenvalue weighted by Crippen LogP contribution is -2.74. The molecule has 2 fully saturated rings. The van der Waals surface area contributed by atoms with Gasteiger partial charge in [-0.2, -0.15) is 0 Å². The Hall–Kier alpha value is -1.10. The first-order valence-corrected chi connectivity index (χ1v) is 8.13. The molecule has 1 unspecified atom stereocenters. The summed E-state index contributed by atoms with van der Waals surface area (Å²) < 4.78 is 5.79. The molecule has 2 aliphatic heterocycles. The molecule has 0 bridgehead atoms. The minimum absolute atomic E-state index is 0.0000246. The van der Waals surface area contributed by atoms with Crippen molar-refractivity contribution in [3.63, 3.8) is 0 Å². The molecule has 2 rings (SSSR count). The monoisotopic (exact) mass is 296 g/mol. The van der Waals surface area contributed by atoms with Gasteiger partial charge in [0.15, 0.2) is 0 Å². The van der Waals surface area contributed by atoms with Crippen LogP contribution in [0.5, 0.6) is 0 Å². The number of hydrogen-bond acceptors (Lipinski definition) is 3. The van der Waals surface area contributed by atoms with Crippen LogP contribution in [-0.4, -0.2) is 47.0 Å². The van der Waals surface area contributed by atoms with E-state index in [9.17, 15) is 9.59 Å². The summed E-state index contributed by atoms with van der Waals surface area (Å²) in [6, 6.07) is 0. The van der Waals surface area contributed by atoms with Gasteiger partial charge in [0.2, 0.25) is 11.8 Å². The van der Waals surface area contributed by atoms with Crippen LogP contribution in [-0.2, 0) is 14.3 Å². The minimum atomic E-state index is -0.834. The van der Waals surface area contributed by atoms with Gasteiger partial charge < -0.3 is 15.0 Å². The van der Waals surface area contributed by atoms with E-state index >= 15 is 0 Å². The summed E-state index contributed by atoms with van der Waals surface area (Å²) in [5.74, 6) is -0.0344. The zero-order chi connectivity index (χ0) is 15.7. The van der Waals surface area contributed by atoms with Gasteiger partial charge in [-0.3, -0.25) is 9.59 Å². The van der Waals surface area contributed by atoms with E-state index in [4.69, 9.17) is 4.74 Å². The van der Waals surface area contributed by atoms with Crippen molar-refractivity contribution in [3.05, 3.63) is 0 Å². The van der Waals surface area contributed by atoms with Gasteiger partial charge >= 0.3 is 0 Å². The fourth-order valence-corrected chi connectivity index (χ4v) is 3.47. The quantitative estimate of drug-likeness (QED) is 0.861. The van der Waals surface area contributed by atoms with E-state index < -0.39 is 11.1 Å². The van der Waals surface area contributed by atoms with Crippen LogP contribution in [0.1, 0.15) is 59.8 Å². The van der Waals surface area contributed by atoms with Gasteiger partial charge in [0.25, 0.3) is 0 Å². The van der Waals surface area contributed by atoms with Crippen molar-refractivity contribution in [1.29, 1.82) is 0 Å². The van der Waals surface area contributed by atoms with E-state index in [0.717, 1.165) is 25.9 Å². The first kappa shape index (κ1) is 16.3. The number of nitrogens with zero attached hydrogens (tertiary/aromatic N) is 1. The number of amides is 2. The molecule has 0 saturated carbocycles. The molecule has 5 nitrogen and oxygen atoms in total. The lowest BCUT2D eigenvalue weighted by Gasteiger charge is -2.51. The molecule has 0 aromatic rings. The van der Waals surface area contributed by atoms with E-state index in [1.807, 2.05) is 13.8 Å². The highest BCUT2D eigenvalue weighted by Gasteiger charge is 2.53. The third kappa shape index (κ3) is 2.80. The second-order valence-corrected chi connectivity index (χ2v) is 6.72. The highest BCUT2D eigenvalue weighted by atomic mass is 16.5. The van der Waals surface area contributed by atoms with Crippen molar-refractivity contribution in [2.75, 3.05) is 13.2 Å². The van der Waals surface area contributed by atoms with Gasteiger partial charge in [-0.15, -0.1) is 0 Å². The lowest BCUT2D eigenvalue weighted by molar-refractivity contribution is -0.166. The van der Waals surface area contributed by atoms with Crippen molar-refractivity contribution in [1.82, 2.24) is 10.2 Å². The highest BCUT2D eigenvalue weighted by molar-refractivity contribution is 6.01. The van der Waals surface area contributed by atoms with E-state index in [-0.39, 0.29) is 17.9 Å². The average Bonchev–Trinajstić information content (AvgIpc) is 2.46. The molecular weight excluding hydrogens is 268 g/mol. The summed E-state index contributed by atoms with van der Waals surface area (Å²) in [4.78, 5) is 27.3. The number of ether oxygens (including phenoxy) is 1. The molecule has 0 aromatic carbocycles. The molecule has 21 heavy (non-hydrogen) atoms. The Morgan fingerprint density at radius 2 is 1.90 bits per heavy atom. The van der Waals surface area contributed by atoms with Gasteiger partial charge in [0, 0.05) is 13.2 Å². The van der Waals surface area contributed by atoms with E-state index in [1.165, 1.54) is 0 Å². The number of hydrogen-bond donors (Lipinski definition) is 1. The van der Waals surface area contributed by atoms with Gasteiger partial charge in [-0.05, 0) is 46.0 Å². The largest absolute Gasteiger partial charge is 0.376 e. The normalized spacial score (nSPS) is 28.4. The predicted molar refractivity (Wildman–Crippen MR) is 80.8 cm³/mol. The second kappa shape index (κ2) is 5.95. The van der Waals surface area contributed by atoms with Crippen LogP contribution >= 0.6 is 0 Å². The van der Waals surface area contributed by atoms with Crippen molar-refractivity contribution in [3.8, 4) is 0 Å². The Bertz CT molecular complexity index is 410. The first-order valence-electron chi connectivity index (χ1n) is 8.13. The maximum absolute atomic E-state index is 12.9. The summed E-state index contributed by atoms with van der Waals surface area (Å²) in [6.07, 6.45) is 4.50. The summed E-state index contributed by atoms with van der Waals surface area (Å²) in [5, 5.41) is 2.89. The van der Waals surface area contributed by atoms with Crippen LogP contribution in [0.2, 0.25) is 0 Å². The van der Waals surface area contributed by atoms with Crippen LogP contribution in [0, 0.1) is 0 Å². The molecule has 1 N–H and O–H groups in total. The Kier molecular flexibility index (Phi) is 4.61. The van der Waals surface area contributed by atoms with Crippen molar-refractivity contribution >= 4 is 11.8 Å². The van der Waals surface area contributed by atoms with Crippen LogP contribution in [0.3, 0.4) is 0 Å². The second-order valence-electron chi connectivity index (χ2n) is 6.72. The average molecular weight is 296 g/mol. The zero-order valence-corrected chi connectivity index (χ0v) is 13.7. The van der Waals surface area contributed by atoms with E-state index in [1.54, 1.807) is 18.7 Å². The third-order valence-corrected chi connectivity index (χ3v) is 4.98. The SMILES string of the molecule is CCC1(CC)C(=O)NC(C)(C)C(=O)N1CC1CCCCO1. The molecule has 1 atom stereocenters. The third-order valence-electron chi connectivity index (χ3n) is 4.98. The first-order chi connectivity index (χ1) is 9.87. The summed E-state index contributed by atoms with van der Waals surface area (Å²) in [6.45, 7) is 8.78. The highest BCUT2D eigenvalue weighted by Crippen LogP contribution is 2.33. The van der Waals surface area contributed by atoms with Crippen molar-refractivity contribution in [2.45, 2.75) is 77.0 Å². The van der Waals surface area contributed by atoms with Crippen molar-refractivity contribution in [2.24, 2.45) is 0 Å². The summed E-state index contributed by atoms with van der Waals surface area (Å²) >= 11 is 0. The standard InChI is InChI=1S/C16H28N2O3/c1-5-16(6-2)13(19)17-15(3,4)14(20)18(16)11-12-9-7-8-10-21-12/h12H,5-11H2,1-4H3,(H,17,19). The van der Waals surface area contributed by atoms with Crippen LogP contribution in [0.15, 0.2) is 0 Å². The van der Waals surface area contributed by atoms with Gasteiger partial charge in [0.1, 0.15) is 11.1 Å². The van der Waals surface area contributed by atoms with E-state index in [2.05, 4.69) is 5.32 Å². The fraction of sp³-hybridized carbons (Fsp3) is 0.875. The molecule has 2 aliphatic rings. The molecule has 0 spiro atoms. The fourth-order valence-electron chi connectivity index (χ4n) is 3.47. The van der Waals surface area contributed by atoms with Gasteiger partial charge in [-0.1, -0.05) is 13.8 Å². The number of carbonyl (C=O) groups is 2. The molecular formula is C16H28N2O3. The topological polar surface area (TPSA) is 58.6 Å². The maximum atomic E-state index is 12.9. The summed E-state index contributed by atoms with van der Waals surface area (Å²) in [7, 11) is 0. The minimum Gasteiger partial charge on any atom is -0.376 e. The summed E-state index contributed by atoms with van der Waals surface area (Å²) in [5.41, 5.74) is -1.56. The lowest BCUT2D eigenvalue weighted by atomic mass is 9.82. The Morgan fingerprint density at radius 1 is 1.24 bits per heavy atom. The smallest absolute Gasteiger partial charge is 0.248 e. The maximum Gasteiger partial charge on any atom is 0.248 e. The number of carbonyl (C=O) groups excluding carboxylic acids is 2. The Balaban J connectivity index is 2.28. The molecule has 0 aromatic heterocycles. The van der Waals surface area contributed by atoms with Crippen LogP contribution in [0.25, 0.3) is 0 Å². The number of nitrogens with one attached hydrogen (secondary N) is 1. The molecule has 5 heteroatoms. The molecule has 2 saturated heterocycles. The molecule has 0 aliphatic carbocycles.